The molecule has 0 unspecified atom stereocenters. The summed E-state index contributed by atoms with van der Waals surface area (Å²) in [5.41, 5.74) is 1.96. The van der Waals surface area contributed by atoms with E-state index in [9.17, 15) is 0 Å². The molecule has 3 rings (SSSR count). The van der Waals surface area contributed by atoms with Gasteiger partial charge >= 0.3 is 0 Å². The van der Waals surface area contributed by atoms with E-state index in [4.69, 9.17) is 27.9 Å². The third kappa shape index (κ3) is 3.32. The summed E-state index contributed by atoms with van der Waals surface area (Å²) in [6, 6.07) is 5.61. The predicted octanol–water partition coefficient (Wildman–Crippen LogP) is 3.95. The van der Waals surface area contributed by atoms with E-state index in [1.54, 1.807) is 17.4 Å². The third-order valence-electron chi connectivity index (χ3n) is 3.23. The molecule has 106 valence electrons. The van der Waals surface area contributed by atoms with Crippen molar-refractivity contribution >= 4 is 34.5 Å². The van der Waals surface area contributed by atoms with Crippen LogP contribution in [0, 0.1) is 0 Å². The molecule has 1 fully saturated rings. The molecule has 0 bridgehead atoms. The van der Waals surface area contributed by atoms with E-state index < -0.39 is 0 Å². The Bertz CT molecular complexity index is 597. The smallest absolute Gasteiger partial charge is 0.107 e. The highest BCUT2D eigenvalue weighted by molar-refractivity contribution is 7.09. The van der Waals surface area contributed by atoms with Crippen LogP contribution in [0.25, 0.3) is 11.3 Å². The molecule has 0 saturated carbocycles. The highest BCUT2D eigenvalue weighted by Crippen LogP contribution is 2.29. The lowest BCUT2D eigenvalue weighted by Gasteiger charge is -2.25. The first kappa shape index (κ1) is 14.3. The van der Waals surface area contributed by atoms with E-state index in [2.05, 4.69) is 15.3 Å². The van der Waals surface area contributed by atoms with Crippen molar-refractivity contribution < 1.29 is 4.74 Å². The van der Waals surface area contributed by atoms with Gasteiger partial charge in [-0.1, -0.05) is 29.3 Å². The van der Waals surface area contributed by atoms with Gasteiger partial charge in [-0.15, -0.1) is 11.3 Å². The van der Waals surface area contributed by atoms with Gasteiger partial charge in [0.15, 0.2) is 0 Å². The highest BCUT2D eigenvalue weighted by Gasteiger charge is 2.13. The van der Waals surface area contributed by atoms with Crippen molar-refractivity contribution in [2.45, 2.75) is 6.54 Å². The van der Waals surface area contributed by atoms with Crippen molar-refractivity contribution in [2.75, 3.05) is 26.3 Å². The Kier molecular flexibility index (Phi) is 4.58. The molecule has 1 aliphatic rings. The highest BCUT2D eigenvalue weighted by atomic mass is 35.5. The average Bonchev–Trinajstić information content (AvgIpc) is 2.91. The van der Waals surface area contributed by atoms with E-state index >= 15 is 0 Å². The molecule has 1 aromatic heterocycles. The van der Waals surface area contributed by atoms with Crippen molar-refractivity contribution in [2.24, 2.45) is 0 Å². The number of aromatic nitrogens is 1. The Labute approximate surface area is 132 Å². The zero-order valence-corrected chi connectivity index (χ0v) is 13.1. The van der Waals surface area contributed by atoms with Crippen LogP contribution in [-0.4, -0.2) is 36.2 Å². The number of nitrogens with zero attached hydrogens (tertiary/aromatic N) is 2. The number of hydrogen-bond acceptors (Lipinski definition) is 4. The molecule has 0 amide bonds. The number of benzene rings is 1. The van der Waals surface area contributed by atoms with Crippen molar-refractivity contribution in [3.8, 4) is 11.3 Å². The second kappa shape index (κ2) is 6.41. The number of rotatable bonds is 3. The second-order valence-electron chi connectivity index (χ2n) is 4.64. The Morgan fingerprint density at radius 3 is 2.75 bits per heavy atom. The van der Waals surface area contributed by atoms with E-state index in [1.807, 2.05) is 12.1 Å². The monoisotopic (exact) mass is 328 g/mol. The molecule has 2 aromatic rings. The van der Waals surface area contributed by atoms with Crippen LogP contribution in [0.3, 0.4) is 0 Å². The van der Waals surface area contributed by atoms with Gasteiger partial charge in [0.1, 0.15) is 5.01 Å². The third-order valence-corrected chi connectivity index (χ3v) is 4.80. The number of ether oxygens (including phenoxy) is 1. The van der Waals surface area contributed by atoms with Gasteiger partial charge in [-0.2, -0.15) is 0 Å². The standard InChI is InChI=1S/C14H14Cl2N2OS/c15-11-2-1-10(7-12(11)16)13-9-20-14(17-13)8-18-3-5-19-6-4-18/h1-2,7,9H,3-6,8H2. The van der Waals surface area contributed by atoms with Gasteiger partial charge in [0.2, 0.25) is 0 Å². The summed E-state index contributed by atoms with van der Waals surface area (Å²) in [4.78, 5) is 7.04. The Balaban J connectivity index is 1.73. The fraction of sp³-hybridized carbons (Fsp3) is 0.357. The van der Waals surface area contributed by atoms with Crippen LogP contribution in [-0.2, 0) is 11.3 Å². The summed E-state index contributed by atoms with van der Waals surface area (Å²) in [7, 11) is 0. The van der Waals surface area contributed by atoms with E-state index in [0.29, 0.717) is 10.0 Å². The zero-order valence-electron chi connectivity index (χ0n) is 10.8. The van der Waals surface area contributed by atoms with Crippen LogP contribution in [0.4, 0.5) is 0 Å². The fourth-order valence-electron chi connectivity index (χ4n) is 2.12. The molecule has 1 saturated heterocycles. The summed E-state index contributed by atoms with van der Waals surface area (Å²) in [5, 5.41) is 4.31. The van der Waals surface area contributed by atoms with Crippen LogP contribution in [0.1, 0.15) is 5.01 Å². The Hall–Kier alpha value is -0.650. The molecule has 0 radical (unpaired) electrons. The number of thiazole rings is 1. The lowest BCUT2D eigenvalue weighted by molar-refractivity contribution is 0.0342. The van der Waals surface area contributed by atoms with Gasteiger partial charge in [0.05, 0.1) is 35.5 Å². The molecule has 1 aromatic carbocycles. The topological polar surface area (TPSA) is 25.4 Å². The van der Waals surface area contributed by atoms with Crippen molar-refractivity contribution in [3.05, 3.63) is 38.6 Å². The molecule has 0 aliphatic carbocycles. The molecule has 0 atom stereocenters. The van der Waals surface area contributed by atoms with Gasteiger partial charge in [-0.05, 0) is 12.1 Å². The maximum Gasteiger partial charge on any atom is 0.107 e. The largest absolute Gasteiger partial charge is 0.379 e. The molecule has 1 aliphatic heterocycles. The molecule has 2 heterocycles. The van der Waals surface area contributed by atoms with Crippen LogP contribution >= 0.6 is 34.5 Å². The first-order chi connectivity index (χ1) is 9.72. The summed E-state index contributed by atoms with van der Waals surface area (Å²) < 4.78 is 5.35. The quantitative estimate of drug-likeness (QED) is 0.853. The zero-order chi connectivity index (χ0) is 13.9. The minimum atomic E-state index is 0.562. The molecule has 0 spiro atoms. The molecule has 3 nitrogen and oxygen atoms in total. The first-order valence-corrected chi connectivity index (χ1v) is 8.06. The maximum absolute atomic E-state index is 6.05. The van der Waals surface area contributed by atoms with Crippen LogP contribution in [0.5, 0.6) is 0 Å². The Morgan fingerprint density at radius 1 is 1.20 bits per heavy atom. The van der Waals surface area contributed by atoms with Crippen LogP contribution in [0.2, 0.25) is 10.0 Å². The lowest BCUT2D eigenvalue weighted by atomic mass is 10.2. The fourth-order valence-corrected chi connectivity index (χ4v) is 3.26. The van der Waals surface area contributed by atoms with Crippen molar-refractivity contribution in [3.63, 3.8) is 0 Å². The van der Waals surface area contributed by atoms with E-state index in [-0.39, 0.29) is 0 Å². The van der Waals surface area contributed by atoms with Crippen LogP contribution in [0.15, 0.2) is 23.6 Å². The number of halogens is 2. The molecule has 0 N–H and O–H groups in total. The summed E-state index contributed by atoms with van der Waals surface area (Å²) in [6.45, 7) is 4.45. The SMILES string of the molecule is Clc1ccc(-c2csc(CN3CCOCC3)n2)cc1Cl. The summed E-state index contributed by atoms with van der Waals surface area (Å²) >= 11 is 13.7. The number of morpholine rings is 1. The van der Waals surface area contributed by atoms with E-state index in [1.165, 1.54) is 0 Å². The average molecular weight is 329 g/mol. The van der Waals surface area contributed by atoms with Gasteiger partial charge in [0, 0.05) is 24.0 Å². The summed E-state index contributed by atoms with van der Waals surface area (Å²) in [5.74, 6) is 0. The molecule has 20 heavy (non-hydrogen) atoms. The summed E-state index contributed by atoms with van der Waals surface area (Å²) in [6.07, 6.45) is 0. The lowest BCUT2D eigenvalue weighted by Crippen LogP contribution is -2.35. The van der Waals surface area contributed by atoms with Crippen molar-refractivity contribution in [1.29, 1.82) is 0 Å². The van der Waals surface area contributed by atoms with Gasteiger partial charge < -0.3 is 4.74 Å². The maximum atomic E-state index is 6.05. The molecular formula is C14H14Cl2N2OS. The van der Waals surface area contributed by atoms with Gasteiger partial charge in [-0.25, -0.2) is 4.98 Å². The minimum absolute atomic E-state index is 0.562. The normalized spacial score (nSPS) is 16.5. The second-order valence-corrected chi connectivity index (χ2v) is 6.40. The number of hydrogen-bond donors (Lipinski definition) is 0. The first-order valence-electron chi connectivity index (χ1n) is 6.42. The predicted molar refractivity (Wildman–Crippen MR) is 83.7 cm³/mol. The van der Waals surface area contributed by atoms with Gasteiger partial charge in [-0.3, -0.25) is 4.90 Å². The molecular weight excluding hydrogens is 315 g/mol. The van der Waals surface area contributed by atoms with Crippen LogP contribution < -0.4 is 0 Å². The minimum Gasteiger partial charge on any atom is -0.379 e. The van der Waals surface area contributed by atoms with E-state index in [0.717, 1.165) is 49.1 Å². The molecule has 6 heteroatoms. The van der Waals surface area contributed by atoms with Crippen molar-refractivity contribution in [1.82, 2.24) is 9.88 Å². The Morgan fingerprint density at radius 2 is 2.00 bits per heavy atom. The van der Waals surface area contributed by atoms with Gasteiger partial charge in [0.25, 0.3) is 0 Å².